The molecule has 0 radical (unpaired) electrons. The number of ether oxygens (including phenoxy) is 1. The Bertz CT molecular complexity index is 1370. The lowest BCUT2D eigenvalue weighted by molar-refractivity contribution is -0.117. The van der Waals surface area contributed by atoms with Gasteiger partial charge in [-0.1, -0.05) is 32.9 Å². The number of fused-ring (bicyclic) bond motifs is 1. The van der Waals surface area contributed by atoms with Gasteiger partial charge >= 0.3 is 0 Å². The molecule has 204 valence electrons. The number of amides is 2. The second-order valence-electron chi connectivity index (χ2n) is 11.8. The van der Waals surface area contributed by atoms with E-state index in [0.29, 0.717) is 17.1 Å². The lowest BCUT2D eigenvalue weighted by Crippen LogP contribution is -2.39. The number of benzene rings is 2. The summed E-state index contributed by atoms with van der Waals surface area (Å²) in [6.07, 6.45) is 6.08. The van der Waals surface area contributed by atoms with Crippen molar-refractivity contribution in [2.45, 2.75) is 70.9 Å². The highest BCUT2D eigenvalue weighted by Crippen LogP contribution is 2.32. The molecule has 2 amide bonds. The summed E-state index contributed by atoms with van der Waals surface area (Å²) in [5.41, 5.74) is 5.39. The number of hydrogen-bond donors (Lipinski definition) is 3. The van der Waals surface area contributed by atoms with E-state index in [0.717, 1.165) is 55.5 Å². The zero-order chi connectivity index (χ0) is 27.6. The van der Waals surface area contributed by atoms with E-state index < -0.39 is 0 Å². The Kier molecular flexibility index (Phi) is 7.71. The lowest BCUT2D eigenvalue weighted by Gasteiger charge is -2.27. The number of carbonyl (C=O) groups excluding carboxylic acids is 2. The SMILES string of the molecule is CNCc1cc(C(=O)NC2CCc3ccc(Oc4ccnc(NC(=O)C5CC5)c4)cc3C2)cc(C(C)(C)C)c1. The Morgan fingerprint density at radius 1 is 0.974 bits per heavy atom. The maximum Gasteiger partial charge on any atom is 0.251 e. The summed E-state index contributed by atoms with van der Waals surface area (Å²) in [5, 5.41) is 9.35. The van der Waals surface area contributed by atoms with Crippen LogP contribution in [0.15, 0.2) is 54.7 Å². The molecule has 1 fully saturated rings. The van der Waals surface area contributed by atoms with Crippen LogP contribution in [0.1, 0.15) is 72.6 Å². The minimum Gasteiger partial charge on any atom is -0.457 e. The maximum atomic E-state index is 13.3. The average Bonchev–Trinajstić information content (AvgIpc) is 3.74. The molecule has 0 spiro atoms. The average molecular weight is 527 g/mol. The zero-order valence-electron chi connectivity index (χ0n) is 23.3. The molecule has 1 unspecified atom stereocenters. The predicted molar refractivity (Wildman–Crippen MR) is 153 cm³/mol. The second kappa shape index (κ2) is 11.2. The van der Waals surface area contributed by atoms with Crippen LogP contribution in [0.5, 0.6) is 11.5 Å². The third-order valence-corrected chi connectivity index (χ3v) is 7.41. The molecule has 3 aromatic rings. The highest BCUT2D eigenvalue weighted by atomic mass is 16.5. The van der Waals surface area contributed by atoms with Crippen LogP contribution >= 0.6 is 0 Å². The van der Waals surface area contributed by atoms with Gasteiger partial charge < -0.3 is 20.7 Å². The molecule has 1 heterocycles. The molecule has 1 aromatic heterocycles. The van der Waals surface area contributed by atoms with E-state index in [1.165, 1.54) is 11.1 Å². The number of aryl methyl sites for hydroxylation is 1. The normalized spacial score (nSPS) is 16.8. The summed E-state index contributed by atoms with van der Waals surface area (Å²) in [4.78, 5) is 29.7. The number of pyridine rings is 1. The van der Waals surface area contributed by atoms with Crippen molar-refractivity contribution >= 4 is 17.6 Å². The van der Waals surface area contributed by atoms with Crippen molar-refractivity contribution in [2.24, 2.45) is 5.92 Å². The first-order valence-corrected chi connectivity index (χ1v) is 13.8. The first kappa shape index (κ1) is 26.9. The first-order chi connectivity index (χ1) is 18.7. The van der Waals surface area contributed by atoms with E-state index in [1.54, 1.807) is 18.3 Å². The van der Waals surface area contributed by atoms with E-state index in [9.17, 15) is 9.59 Å². The van der Waals surface area contributed by atoms with Crippen LogP contribution in [0.3, 0.4) is 0 Å². The smallest absolute Gasteiger partial charge is 0.251 e. The van der Waals surface area contributed by atoms with Crippen molar-refractivity contribution in [1.82, 2.24) is 15.6 Å². The Morgan fingerprint density at radius 2 is 1.77 bits per heavy atom. The summed E-state index contributed by atoms with van der Waals surface area (Å²) in [7, 11) is 1.92. The van der Waals surface area contributed by atoms with Crippen LogP contribution in [0.2, 0.25) is 0 Å². The Labute approximate surface area is 230 Å². The number of nitrogens with one attached hydrogen (secondary N) is 3. The minimum absolute atomic E-state index is 0.0184. The number of anilines is 1. The standard InChI is InChI=1S/C32H38N4O3/c1-32(2,3)25-14-20(19-33-4)13-24(15-25)31(38)35-26-9-7-21-8-10-27(17-23(21)16-26)39-28-11-12-34-29(18-28)36-30(37)22-5-6-22/h8,10-15,17-18,22,26,33H,5-7,9,16,19H2,1-4H3,(H,35,38)(H,34,36,37). The van der Waals surface area contributed by atoms with E-state index in [1.807, 2.05) is 25.2 Å². The van der Waals surface area contributed by atoms with Crippen molar-refractivity contribution in [3.8, 4) is 11.5 Å². The van der Waals surface area contributed by atoms with Gasteiger partial charge in [-0.15, -0.1) is 0 Å². The van der Waals surface area contributed by atoms with Gasteiger partial charge in [0.25, 0.3) is 5.91 Å². The topological polar surface area (TPSA) is 92.3 Å². The molecule has 1 atom stereocenters. The maximum absolute atomic E-state index is 13.3. The minimum atomic E-state index is -0.0443. The molecule has 0 saturated heterocycles. The molecule has 0 aliphatic heterocycles. The van der Waals surface area contributed by atoms with Crippen LogP contribution in [0.4, 0.5) is 5.82 Å². The van der Waals surface area contributed by atoms with Crippen LogP contribution in [-0.4, -0.2) is 29.9 Å². The van der Waals surface area contributed by atoms with Crippen molar-refractivity contribution < 1.29 is 14.3 Å². The van der Waals surface area contributed by atoms with Crippen LogP contribution in [0, 0.1) is 5.92 Å². The summed E-state index contributed by atoms with van der Waals surface area (Å²) in [5.74, 6) is 1.94. The fourth-order valence-corrected chi connectivity index (χ4v) is 5.00. The Morgan fingerprint density at radius 3 is 2.51 bits per heavy atom. The van der Waals surface area contributed by atoms with Gasteiger partial charge in [0.15, 0.2) is 0 Å². The number of carbonyl (C=O) groups is 2. The molecular formula is C32H38N4O3. The van der Waals surface area contributed by atoms with Gasteiger partial charge in [0.1, 0.15) is 17.3 Å². The molecule has 7 nitrogen and oxygen atoms in total. The van der Waals surface area contributed by atoms with E-state index in [2.05, 4.69) is 59.9 Å². The van der Waals surface area contributed by atoms with Crippen LogP contribution in [0.25, 0.3) is 0 Å². The lowest BCUT2D eigenvalue weighted by atomic mass is 9.84. The number of rotatable bonds is 8. The first-order valence-electron chi connectivity index (χ1n) is 13.8. The molecular weight excluding hydrogens is 488 g/mol. The quantitative estimate of drug-likeness (QED) is 0.359. The molecule has 2 aromatic carbocycles. The van der Waals surface area contributed by atoms with Gasteiger partial charge in [-0.3, -0.25) is 9.59 Å². The van der Waals surface area contributed by atoms with Gasteiger partial charge in [-0.2, -0.15) is 0 Å². The van der Waals surface area contributed by atoms with Crippen LogP contribution < -0.4 is 20.7 Å². The predicted octanol–water partition coefficient (Wildman–Crippen LogP) is 5.53. The highest BCUT2D eigenvalue weighted by Gasteiger charge is 2.30. The number of aromatic nitrogens is 1. The number of hydrogen-bond acceptors (Lipinski definition) is 5. The number of nitrogens with zero attached hydrogens (tertiary/aromatic N) is 1. The third kappa shape index (κ3) is 6.84. The third-order valence-electron chi connectivity index (χ3n) is 7.41. The highest BCUT2D eigenvalue weighted by molar-refractivity contribution is 5.95. The fraction of sp³-hybridized carbons (Fsp3) is 0.406. The van der Waals surface area contributed by atoms with Gasteiger partial charge in [0.2, 0.25) is 5.91 Å². The van der Waals surface area contributed by atoms with Crippen molar-refractivity contribution in [3.63, 3.8) is 0 Å². The van der Waals surface area contributed by atoms with E-state index in [-0.39, 0.29) is 29.2 Å². The molecule has 2 aliphatic rings. The summed E-state index contributed by atoms with van der Waals surface area (Å²) in [6, 6.07) is 15.9. The second-order valence-corrected chi connectivity index (χ2v) is 11.8. The monoisotopic (exact) mass is 526 g/mol. The fourth-order valence-electron chi connectivity index (χ4n) is 5.00. The van der Waals surface area contributed by atoms with Crippen LogP contribution in [-0.2, 0) is 29.6 Å². The van der Waals surface area contributed by atoms with Gasteiger partial charge in [0, 0.05) is 36.3 Å². The molecule has 2 aliphatic carbocycles. The van der Waals surface area contributed by atoms with E-state index >= 15 is 0 Å². The summed E-state index contributed by atoms with van der Waals surface area (Å²) < 4.78 is 6.13. The molecule has 7 heteroatoms. The van der Waals surface area contributed by atoms with Gasteiger partial charge in [-0.05, 0) is 97.2 Å². The van der Waals surface area contributed by atoms with Gasteiger partial charge in [-0.25, -0.2) is 4.98 Å². The summed E-state index contributed by atoms with van der Waals surface area (Å²) >= 11 is 0. The Balaban J connectivity index is 1.26. The molecule has 5 rings (SSSR count). The van der Waals surface area contributed by atoms with Gasteiger partial charge in [0.05, 0.1) is 0 Å². The molecule has 39 heavy (non-hydrogen) atoms. The molecule has 0 bridgehead atoms. The summed E-state index contributed by atoms with van der Waals surface area (Å²) in [6.45, 7) is 7.22. The molecule has 3 N–H and O–H groups in total. The Hall–Kier alpha value is -3.71. The van der Waals surface area contributed by atoms with Crippen molar-refractivity contribution in [2.75, 3.05) is 12.4 Å². The zero-order valence-corrected chi connectivity index (χ0v) is 23.3. The van der Waals surface area contributed by atoms with E-state index in [4.69, 9.17) is 4.74 Å². The molecule has 1 saturated carbocycles. The van der Waals surface area contributed by atoms with Crippen molar-refractivity contribution in [1.29, 1.82) is 0 Å². The largest absolute Gasteiger partial charge is 0.457 e. The van der Waals surface area contributed by atoms with Crippen molar-refractivity contribution in [3.05, 3.63) is 82.5 Å².